The van der Waals surface area contributed by atoms with Crippen LogP contribution in [-0.2, 0) is 23.4 Å². The van der Waals surface area contributed by atoms with E-state index in [0.29, 0.717) is 24.6 Å². The number of rotatable bonds is 4. The SMILES string of the molecule is COCc1cc(=O)n(Cc2cc3c(cc2F)[C@@](C#CC2CC2)(C(F)(F)F)NC(=O)N3)cn1. The van der Waals surface area contributed by atoms with Gasteiger partial charge in [-0.3, -0.25) is 9.36 Å². The van der Waals surface area contributed by atoms with Gasteiger partial charge in [0.1, 0.15) is 5.82 Å². The Morgan fingerprint density at radius 3 is 2.66 bits per heavy atom. The third-order valence-corrected chi connectivity index (χ3v) is 5.18. The van der Waals surface area contributed by atoms with Gasteiger partial charge in [0.2, 0.25) is 5.54 Å². The van der Waals surface area contributed by atoms with Crippen molar-refractivity contribution < 1.29 is 27.1 Å². The smallest absolute Gasteiger partial charge is 0.378 e. The normalized spacial score (nSPS) is 20.0. The summed E-state index contributed by atoms with van der Waals surface area (Å²) in [6.45, 7) is -0.183. The van der Waals surface area contributed by atoms with Gasteiger partial charge in [-0.1, -0.05) is 11.8 Å². The molecule has 2 amide bonds. The maximum Gasteiger partial charge on any atom is 0.427 e. The number of ether oxygens (including phenoxy) is 1. The van der Waals surface area contributed by atoms with E-state index in [2.05, 4.69) is 22.1 Å². The third kappa shape index (κ3) is 4.05. The van der Waals surface area contributed by atoms with Crippen molar-refractivity contribution in [2.45, 2.75) is 37.7 Å². The highest BCUT2D eigenvalue weighted by atomic mass is 19.4. The quantitative estimate of drug-likeness (QED) is 0.554. The first-order valence-electron chi connectivity index (χ1n) is 9.69. The molecule has 0 unspecified atom stereocenters. The molecule has 0 saturated heterocycles. The van der Waals surface area contributed by atoms with E-state index in [-0.39, 0.29) is 30.3 Å². The maximum atomic E-state index is 14.9. The van der Waals surface area contributed by atoms with Gasteiger partial charge in [-0.25, -0.2) is 14.2 Å². The molecule has 1 aliphatic carbocycles. The van der Waals surface area contributed by atoms with Crippen molar-refractivity contribution in [2.24, 2.45) is 5.92 Å². The minimum Gasteiger partial charge on any atom is -0.378 e. The van der Waals surface area contributed by atoms with Crippen LogP contribution in [0.4, 0.5) is 28.0 Å². The number of halogens is 4. The summed E-state index contributed by atoms with van der Waals surface area (Å²) in [5.74, 6) is 3.54. The van der Waals surface area contributed by atoms with Gasteiger partial charge >= 0.3 is 12.2 Å². The van der Waals surface area contributed by atoms with E-state index in [9.17, 15) is 27.2 Å². The minimum absolute atomic E-state index is 0.0967. The van der Waals surface area contributed by atoms with E-state index >= 15 is 0 Å². The molecule has 1 atom stereocenters. The van der Waals surface area contributed by atoms with Crippen molar-refractivity contribution in [3.8, 4) is 11.8 Å². The molecule has 0 radical (unpaired) electrons. The zero-order valence-electron chi connectivity index (χ0n) is 16.8. The van der Waals surface area contributed by atoms with Crippen molar-refractivity contribution in [3.63, 3.8) is 0 Å². The lowest BCUT2D eigenvalue weighted by atomic mass is 9.85. The molecule has 0 bridgehead atoms. The van der Waals surface area contributed by atoms with Crippen molar-refractivity contribution in [1.82, 2.24) is 14.9 Å². The third-order valence-electron chi connectivity index (χ3n) is 5.18. The molecule has 168 valence electrons. The van der Waals surface area contributed by atoms with E-state index in [1.165, 1.54) is 19.5 Å². The fourth-order valence-corrected chi connectivity index (χ4v) is 3.37. The molecule has 1 aromatic heterocycles. The summed E-state index contributed by atoms with van der Waals surface area (Å²) in [6.07, 6.45) is -2.44. The average molecular weight is 450 g/mol. The Bertz CT molecular complexity index is 1190. The van der Waals surface area contributed by atoms with Gasteiger partial charge in [-0.05, 0) is 25.0 Å². The fraction of sp³-hybridized carbons (Fsp3) is 0.381. The number of hydrogen-bond acceptors (Lipinski definition) is 4. The zero-order valence-corrected chi connectivity index (χ0v) is 16.8. The number of amides is 2. The highest BCUT2D eigenvalue weighted by Crippen LogP contribution is 2.45. The molecule has 2 heterocycles. The molecule has 1 saturated carbocycles. The van der Waals surface area contributed by atoms with E-state index in [1.54, 1.807) is 0 Å². The predicted molar refractivity (Wildman–Crippen MR) is 105 cm³/mol. The topological polar surface area (TPSA) is 85.2 Å². The van der Waals surface area contributed by atoms with Gasteiger partial charge in [0.05, 0.1) is 25.2 Å². The number of aromatic nitrogens is 2. The number of hydrogen-bond donors (Lipinski definition) is 2. The average Bonchev–Trinajstić information content (AvgIpc) is 3.53. The molecule has 1 aliphatic heterocycles. The number of nitrogens with one attached hydrogen (secondary N) is 2. The Labute approximate surface area is 179 Å². The van der Waals surface area contributed by atoms with E-state index < -0.39 is 34.7 Å². The second-order valence-electron chi connectivity index (χ2n) is 7.64. The number of carbonyl (C=O) groups is 1. The number of urea groups is 1. The molecular formula is C21H18F4N4O3. The summed E-state index contributed by atoms with van der Waals surface area (Å²) < 4.78 is 63.3. The fourth-order valence-electron chi connectivity index (χ4n) is 3.37. The molecule has 1 aromatic carbocycles. The number of alkyl halides is 3. The number of carbonyl (C=O) groups excluding carboxylic acids is 1. The Kier molecular flexibility index (Phi) is 5.42. The Balaban J connectivity index is 1.76. The number of anilines is 1. The lowest BCUT2D eigenvalue weighted by Crippen LogP contribution is -2.59. The Morgan fingerprint density at radius 2 is 2.03 bits per heavy atom. The number of benzene rings is 1. The van der Waals surface area contributed by atoms with Crippen LogP contribution in [0.15, 0.2) is 29.3 Å². The summed E-state index contributed by atoms with van der Waals surface area (Å²) in [5, 5.41) is 4.12. The molecule has 4 rings (SSSR count). The molecule has 2 N–H and O–H groups in total. The molecule has 0 spiro atoms. The van der Waals surface area contributed by atoms with Gasteiger partial charge in [-0.2, -0.15) is 13.2 Å². The van der Waals surface area contributed by atoms with Crippen LogP contribution in [-0.4, -0.2) is 28.9 Å². The summed E-state index contributed by atoms with van der Waals surface area (Å²) in [4.78, 5) is 28.4. The first-order chi connectivity index (χ1) is 15.1. The molecule has 2 aliphatic rings. The number of fused-ring (bicyclic) bond motifs is 1. The van der Waals surface area contributed by atoms with Gasteiger partial charge < -0.3 is 15.4 Å². The monoisotopic (exact) mass is 450 g/mol. The number of nitrogens with zero attached hydrogens (tertiary/aromatic N) is 2. The Morgan fingerprint density at radius 1 is 1.28 bits per heavy atom. The molecule has 32 heavy (non-hydrogen) atoms. The summed E-state index contributed by atoms with van der Waals surface area (Å²) >= 11 is 0. The van der Waals surface area contributed by atoms with Gasteiger partial charge in [0, 0.05) is 35.9 Å². The van der Waals surface area contributed by atoms with Gasteiger partial charge in [0.15, 0.2) is 0 Å². The van der Waals surface area contributed by atoms with Crippen molar-refractivity contribution in [2.75, 3.05) is 12.4 Å². The van der Waals surface area contributed by atoms with E-state index in [4.69, 9.17) is 4.74 Å². The largest absolute Gasteiger partial charge is 0.427 e. The molecular weight excluding hydrogens is 432 g/mol. The molecule has 1 fully saturated rings. The summed E-state index contributed by atoms with van der Waals surface area (Å²) in [5.41, 5.74) is -4.02. The first-order valence-corrected chi connectivity index (χ1v) is 9.69. The molecule has 11 heteroatoms. The van der Waals surface area contributed by atoms with Gasteiger partial charge in [-0.15, -0.1) is 0 Å². The van der Waals surface area contributed by atoms with Crippen molar-refractivity contribution in [1.29, 1.82) is 0 Å². The minimum atomic E-state index is -4.99. The lowest BCUT2D eigenvalue weighted by molar-refractivity contribution is -0.178. The van der Waals surface area contributed by atoms with Crippen LogP contribution in [0.1, 0.15) is 29.7 Å². The van der Waals surface area contributed by atoms with E-state index in [0.717, 1.165) is 10.6 Å². The first kappa shape index (κ1) is 21.8. The zero-order chi connectivity index (χ0) is 23.1. The summed E-state index contributed by atoms with van der Waals surface area (Å²) in [6, 6.07) is 1.88. The highest BCUT2D eigenvalue weighted by Gasteiger charge is 2.59. The van der Waals surface area contributed by atoms with Crippen molar-refractivity contribution >= 4 is 11.7 Å². The van der Waals surface area contributed by atoms with Crippen LogP contribution in [0, 0.1) is 23.6 Å². The molecule has 7 nitrogen and oxygen atoms in total. The van der Waals surface area contributed by atoms with Crippen molar-refractivity contribution in [3.05, 3.63) is 57.5 Å². The van der Waals surface area contributed by atoms with Crippen LogP contribution in [0.3, 0.4) is 0 Å². The van der Waals surface area contributed by atoms with Crippen LogP contribution < -0.4 is 16.2 Å². The van der Waals surface area contributed by atoms with Crippen LogP contribution in [0.25, 0.3) is 0 Å². The molecule has 2 aromatic rings. The predicted octanol–water partition coefficient (Wildman–Crippen LogP) is 2.88. The van der Waals surface area contributed by atoms with Gasteiger partial charge in [0.25, 0.3) is 5.56 Å². The second kappa shape index (κ2) is 7.94. The standard InChI is InChI=1S/C21H18F4N4O3/c1-32-10-14-7-18(30)29(11-26-14)9-13-6-17-15(8-16(13)22)20(21(23,24)25,28-19(31)27-17)5-4-12-2-3-12/h6-8,11-12H,2-3,9-10H2,1H3,(H2,27,28,31)/t20-/m0/s1. The highest BCUT2D eigenvalue weighted by molar-refractivity contribution is 5.95. The summed E-state index contributed by atoms with van der Waals surface area (Å²) in [7, 11) is 1.44. The van der Waals surface area contributed by atoms with Crippen LogP contribution >= 0.6 is 0 Å². The number of methoxy groups -OCH3 is 1. The maximum absolute atomic E-state index is 14.9. The van der Waals surface area contributed by atoms with E-state index in [1.807, 2.05) is 5.32 Å². The van der Waals surface area contributed by atoms with Crippen LogP contribution in [0.5, 0.6) is 0 Å². The lowest BCUT2D eigenvalue weighted by Gasteiger charge is -2.37. The Hall–Kier alpha value is -3.39. The van der Waals surface area contributed by atoms with Crippen LogP contribution in [0.2, 0.25) is 0 Å². The second-order valence-corrected chi connectivity index (χ2v) is 7.64.